The first-order valence-electron chi connectivity index (χ1n) is 14.9. The fraction of sp³-hybridized carbons (Fsp3) is 0.471. The zero-order valence-corrected chi connectivity index (χ0v) is 25.2. The fourth-order valence-electron chi connectivity index (χ4n) is 6.09. The molecule has 1 aromatic heterocycles. The Hall–Kier alpha value is -3.65. The van der Waals surface area contributed by atoms with E-state index in [0.29, 0.717) is 45.1 Å². The number of halogens is 1. The molecule has 0 unspecified atom stereocenters. The summed E-state index contributed by atoms with van der Waals surface area (Å²) in [5.74, 6) is 1.41. The van der Waals surface area contributed by atoms with E-state index in [1.54, 1.807) is 53.1 Å². The summed E-state index contributed by atoms with van der Waals surface area (Å²) < 4.78 is 28.5. The van der Waals surface area contributed by atoms with Crippen molar-refractivity contribution in [2.24, 2.45) is 13.0 Å². The summed E-state index contributed by atoms with van der Waals surface area (Å²) in [5, 5.41) is 10.8. The normalized spacial score (nSPS) is 19.2. The molecule has 2 fully saturated rings. The van der Waals surface area contributed by atoms with Crippen LogP contribution in [0, 0.1) is 25.6 Å². The molecular weight excluding hydrogens is 535 g/mol. The van der Waals surface area contributed by atoms with Crippen LogP contribution < -0.4 is 15.0 Å². The van der Waals surface area contributed by atoms with Gasteiger partial charge in [0.1, 0.15) is 23.1 Å². The SMILES string of the molecule is Cc1cc(F)cc(C)c1Oc1ccc(C(C)(C)O)cc1-c1cn(C)c(=O)cc1O[C@H]1CC[C@H](C(=O)N2CCCC2)CC1. The van der Waals surface area contributed by atoms with E-state index >= 15 is 0 Å². The molecule has 8 heteroatoms. The summed E-state index contributed by atoms with van der Waals surface area (Å²) in [4.78, 5) is 27.7. The number of rotatable bonds is 7. The highest BCUT2D eigenvalue weighted by molar-refractivity contribution is 5.79. The van der Waals surface area contributed by atoms with E-state index in [-0.39, 0.29) is 29.3 Å². The molecule has 2 aromatic carbocycles. The molecule has 7 nitrogen and oxygen atoms in total. The second-order valence-electron chi connectivity index (χ2n) is 12.4. The molecule has 224 valence electrons. The van der Waals surface area contributed by atoms with Gasteiger partial charge in [0.15, 0.2) is 0 Å². The summed E-state index contributed by atoms with van der Waals surface area (Å²) in [7, 11) is 1.68. The molecule has 3 aromatic rings. The van der Waals surface area contributed by atoms with Gasteiger partial charge in [0.2, 0.25) is 5.91 Å². The van der Waals surface area contributed by atoms with Gasteiger partial charge >= 0.3 is 0 Å². The standard InChI is InChI=1S/C34H41FN2O5/c1-21-16-25(35)17-22(2)32(21)42-29-13-10-24(34(3,4)40)18-27(29)28-20-36(5)31(38)19-30(28)41-26-11-8-23(9-12-26)33(39)37-14-6-7-15-37/h10,13,16-20,23,26,40H,6-9,11-12,14-15H2,1-5H3/t23-,26-. The second-order valence-corrected chi connectivity index (χ2v) is 12.4. The van der Waals surface area contributed by atoms with Crippen LogP contribution in [0.4, 0.5) is 4.39 Å². The maximum Gasteiger partial charge on any atom is 0.254 e. The first-order valence-corrected chi connectivity index (χ1v) is 14.9. The molecule has 2 heterocycles. The number of aryl methyl sites for hydroxylation is 3. The molecule has 1 saturated heterocycles. The number of ether oxygens (including phenoxy) is 2. The predicted octanol–water partition coefficient (Wildman–Crippen LogP) is 6.39. The van der Waals surface area contributed by atoms with Crippen molar-refractivity contribution in [2.75, 3.05) is 13.1 Å². The number of likely N-dealkylation sites (tertiary alicyclic amines) is 1. The van der Waals surface area contributed by atoms with E-state index in [9.17, 15) is 19.1 Å². The van der Waals surface area contributed by atoms with E-state index in [0.717, 1.165) is 51.6 Å². The summed E-state index contributed by atoms with van der Waals surface area (Å²) >= 11 is 0. The van der Waals surface area contributed by atoms with Crippen molar-refractivity contribution in [3.8, 4) is 28.4 Å². The zero-order valence-electron chi connectivity index (χ0n) is 25.2. The molecule has 42 heavy (non-hydrogen) atoms. The predicted molar refractivity (Wildman–Crippen MR) is 160 cm³/mol. The number of hydrogen-bond donors (Lipinski definition) is 1. The lowest BCUT2D eigenvalue weighted by molar-refractivity contribution is -0.136. The Morgan fingerprint density at radius 1 is 0.952 bits per heavy atom. The van der Waals surface area contributed by atoms with Crippen LogP contribution in [0.25, 0.3) is 11.1 Å². The van der Waals surface area contributed by atoms with Gasteiger partial charge in [-0.15, -0.1) is 0 Å². The van der Waals surface area contributed by atoms with Gasteiger partial charge in [-0.05, 0) is 107 Å². The quantitative estimate of drug-likeness (QED) is 0.353. The molecule has 1 aliphatic heterocycles. The molecule has 1 saturated carbocycles. The molecule has 0 bridgehead atoms. The Morgan fingerprint density at radius 2 is 1.60 bits per heavy atom. The van der Waals surface area contributed by atoms with E-state index in [1.807, 2.05) is 11.0 Å². The van der Waals surface area contributed by atoms with Crippen molar-refractivity contribution in [2.45, 2.75) is 77.9 Å². The van der Waals surface area contributed by atoms with Gasteiger partial charge in [-0.3, -0.25) is 9.59 Å². The Kier molecular flexibility index (Phi) is 8.46. The minimum atomic E-state index is -1.13. The molecular formula is C34H41FN2O5. The lowest BCUT2D eigenvalue weighted by atomic mass is 9.86. The van der Waals surface area contributed by atoms with Gasteiger partial charge in [-0.2, -0.15) is 0 Å². The number of amides is 1. The molecule has 1 N–H and O–H groups in total. The van der Waals surface area contributed by atoms with Gasteiger partial charge in [0.25, 0.3) is 5.56 Å². The number of carbonyl (C=O) groups is 1. The Labute approximate surface area is 246 Å². The summed E-state index contributed by atoms with van der Waals surface area (Å²) in [6, 6.07) is 9.79. The third kappa shape index (κ3) is 6.38. The first-order chi connectivity index (χ1) is 19.9. The topological polar surface area (TPSA) is 81.0 Å². The van der Waals surface area contributed by atoms with Crippen molar-refractivity contribution >= 4 is 5.91 Å². The van der Waals surface area contributed by atoms with E-state index in [4.69, 9.17) is 9.47 Å². The van der Waals surface area contributed by atoms with Gasteiger partial charge < -0.3 is 24.0 Å². The van der Waals surface area contributed by atoms with Crippen LogP contribution in [0.1, 0.15) is 69.1 Å². The average Bonchev–Trinajstić information content (AvgIpc) is 3.47. The van der Waals surface area contributed by atoms with Crippen LogP contribution >= 0.6 is 0 Å². The number of pyridine rings is 1. The van der Waals surface area contributed by atoms with Crippen LogP contribution in [-0.2, 0) is 17.4 Å². The van der Waals surface area contributed by atoms with Crippen molar-refractivity contribution in [1.29, 1.82) is 0 Å². The summed E-state index contributed by atoms with van der Waals surface area (Å²) in [5.41, 5.74) is 1.92. The van der Waals surface area contributed by atoms with Gasteiger partial charge in [0.05, 0.1) is 11.7 Å². The summed E-state index contributed by atoms with van der Waals surface area (Å²) in [6.07, 6.45) is 6.70. The van der Waals surface area contributed by atoms with E-state index < -0.39 is 5.60 Å². The Morgan fingerprint density at radius 3 is 2.21 bits per heavy atom. The molecule has 0 atom stereocenters. The number of benzene rings is 2. The zero-order chi connectivity index (χ0) is 30.2. The van der Waals surface area contributed by atoms with Crippen LogP contribution in [-0.4, -0.2) is 39.7 Å². The molecule has 1 amide bonds. The number of aromatic nitrogens is 1. The van der Waals surface area contributed by atoms with Gasteiger partial charge in [0, 0.05) is 49.4 Å². The van der Waals surface area contributed by atoms with Crippen LogP contribution in [0.5, 0.6) is 17.2 Å². The molecule has 0 spiro atoms. The average molecular weight is 577 g/mol. The van der Waals surface area contributed by atoms with E-state index in [1.165, 1.54) is 22.8 Å². The smallest absolute Gasteiger partial charge is 0.254 e. The number of carbonyl (C=O) groups excluding carboxylic acids is 1. The molecule has 2 aliphatic rings. The lowest BCUT2D eigenvalue weighted by Crippen LogP contribution is -2.37. The highest BCUT2D eigenvalue weighted by Crippen LogP contribution is 2.42. The monoisotopic (exact) mass is 576 g/mol. The first kappa shape index (κ1) is 29.8. The summed E-state index contributed by atoms with van der Waals surface area (Å²) in [6.45, 7) is 8.72. The lowest BCUT2D eigenvalue weighted by Gasteiger charge is -2.31. The van der Waals surface area contributed by atoms with Gasteiger partial charge in [-0.1, -0.05) is 6.07 Å². The third-order valence-electron chi connectivity index (χ3n) is 8.54. The Balaban J connectivity index is 1.49. The van der Waals surface area contributed by atoms with E-state index in [2.05, 4.69) is 0 Å². The van der Waals surface area contributed by atoms with Crippen molar-refractivity contribution < 1.29 is 23.8 Å². The minimum Gasteiger partial charge on any atom is -0.490 e. The molecule has 1 aliphatic carbocycles. The second kappa shape index (κ2) is 11.9. The fourth-order valence-corrected chi connectivity index (χ4v) is 6.09. The third-order valence-corrected chi connectivity index (χ3v) is 8.54. The number of hydrogen-bond acceptors (Lipinski definition) is 5. The Bertz CT molecular complexity index is 1500. The molecule has 0 radical (unpaired) electrons. The van der Waals surface area contributed by atoms with Crippen molar-refractivity contribution in [1.82, 2.24) is 9.47 Å². The van der Waals surface area contributed by atoms with Gasteiger partial charge in [-0.25, -0.2) is 4.39 Å². The number of nitrogens with zero attached hydrogens (tertiary/aromatic N) is 2. The highest BCUT2D eigenvalue weighted by atomic mass is 19.1. The minimum absolute atomic E-state index is 0.0247. The van der Waals surface area contributed by atoms with Crippen molar-refractivity contribution in [3.05, 3.63) is 75.5 Å². The van der Waals surface area contributed by atoms with Crippen LogP contribution in [0.3, 0.4) is 0 Å². The van der Waals surface area contributed by atoms with Crippen molar-refractivity contribution in [3.63, 3.8) is 0 Å². The van der Waals surface area contributed by atoms with Crippen LogP contribution in [0.2, 0.25) is 0 Å². The largest absolute Gasteiger partial charge is 0.490 e. The maximum atomic E-state index is 14.0. The molecule has 5 rings (SSSR count). The number of aliphatic hydroxyl groups is 1. The van der Waals surface area contributed by atoms with Crippen LogP contribution in [0.15, 0.2) is 47.4 Å². The maximum absolute atomic E-state index is 14.0. The highest BCUT2D eigenvalue weighted by Gasteiger charge is 2.32.